The highest BCUT2D eigenvalue weighted by molar-refractivity contribution is 4.91. The fraction of sp³-hybridized carbons (Fsp3) is 0.818. The standard InChI is InChI=1S/C9H17NO.C2H6/c1-3-9-5-4-6-10(9)7-8-11-2;1-2/h3,9H,1,4-8H2,2H3;1-2H3. The number of likely N-dealkylation sites (tertiary alicyclic amines) is 1. The Balaban J connectivity index is 0.000000671. The second-order valence-electron chi connectivity index (χ2n) is 2.97. The molecule has 2 nitrogen and oxygen atoms in total. The van der Waals surface area contributed by atoms with E-state index >= 15 is 0 Å². The maximum Gasteiger partial charge on any atom is 0.0589 e. The van der Waals surface area contributed by atoms with Crippen molar-refractivity contribution in [3.05, 3.63) is 12.7 Å². The van der Waals surface area contributed by atoms with Gasteiger partial charge in [0, 0.05) is 19.7 Å². The Labute approximate surface area is 82.6 Å². The lowest BCUT2D eigenvalue weighted by Crippen LogP contribution is -2.30. The summed E-state index contributed by atoms with van der Waals surface area (Å²) >= 11 is 0. The number of hydrogen-bond donors (Lipinski definition) is 0. The molecule has 13 heavy (non-hydrogen) atoms. The second-order valence-corrected chi connectivity index (χ2v) is 2.97. The first-order valence-corrected chi connectivity index (χ1v) is 5.24. The Bertz CT molecular complexity index is 125. The summed E-state index contributed by atoms with van der Waals surface area (Å²) in [6, 6.07) is 0.602. The van der Waals surface area contributed by atoms with Crippen LogP contribution in [0.25, 0.3) is 0 Å². The van der Waals surface area contributed by atoms with Crippen molar-refractivity contribution in [2.75, 3.05) is 26.8 Å². The minimum Gasteiger partial charge on any atom is -0.383 e. The molecule has 1 rings (SSSR count). The van der Waals surface area contributed by atoms with Crippen LogP contribution in [0.2, 0.25) is 0 Å². The zero-order valence-electron chi connectivity index (χ0n) is 9.25. The van der Waals surface area contributed by atoms with Crippen LogP contribution in [-0.4, -0.2) is 37.7 Å². The Morgan fingerprint density at radius 3 is 2.77 bits per heavy atom. The first kappa shape index (κ1) is 12.7. The van der Waals surface area contributed by atoms with Gasteiger partial charge in [0.2, 0.25) is 0 Å². The minimum absolute atomic E-state index is 0.602. The van der Waals surface area contributed by atoms with Gasteiger partial charge < -0.3 is 4.74 Å². The highest BCUT2D eigenvalue weighted by Crippen LogP contribution is 2.16. The van der Waals surface area contributed by atoms with Crippen molar-refractivity contribution in [1.82, 2.24) is 4.90 Å². The van der Waals surface area contributed by atoms with Crippen LogP contribution in [-0.2, 0) is 4.74 Å². The molecule has 1 aliphatic rings. The van der Waals surface area contributed by atoms with E-state index in [1.807, 2.05) is 19.9 Å². The molecule has 1 aliphatic heterocycles. The lowest BCUT2D eigenvalue weighted by Gasteiger charge is -2.20. The van der Waals surface area contributed by atoms with Crippen molar-refractivity contribution in [3.8, 4) is 0 Å². The molecule has 0 spiro atoms. The molecule has 1 unspecified atom stereocenters. The summed E-state index contributed by atoms with van der Waals surface area (Å²) in [5, 5.41) is 0. The topological polar surface area (TPSA) is 12.5 Å². The molecular formula is C11H23NO. The number of nitrogens with zero attached hydrogens (tertiary/aromatic N) is 1. The van der Waals surface area contributed by atoms with Crippen molar-refractivity contribution in [1.29, 1.82) is 0 Å². The predicted octanol–water partition coefficient (Wildman–Crippen LogP) is 2.31. The summed E-state index contributed by atoms with van der Waals surface area (Å²) in [5.41, 5.74) is 0. The molecular weight excluding hydrogens is 162 g/mol. The highest BCUT2D eigenvalue weighted by atomic mass is 16.5. The molecule has 0 saturated carbocycles. The maximum atomic E-state index is 5.02. The maximum absolute atomic E-state index is 5.02. The van der Waals surface area contributed by atoms with E-state index < -0.39 is 0 Å². The van der Waals surface area contributed by atoms with Crippen LogP contribution in [0.3, 0.4) is 0 Å². The van der Waals surface area contributed by atoms with Crippen molar-refractivity contribution in [2.24, 2.45) is 0 Å². The molecule has 1 heterocycles. The number of methoxy groups -OCH3 is 1. The molecule has 0 bridgehead atoms. The summed E-state index contributed by atoms with van der Waals surface area (Å²) in [5.74, 6) is 0. The lowest BCUT2D eigenvalue weighted by atomic mass is 10.2. The van der Waals surface area contributed by atoms with E-state index in [-0.39, 0.29) is 0 Å². The van der Waals surface area contributed by atoms with Crippen LogP contribution in [0.4, 0.5) is 0 Å². The van der Waals surface area contributed by atoms with Gasteiger partial charge in [0.15, 0.2) is 0 Å². The average Bonchev–Trinajstić information content (AvgIpc) is 2.65. The van der Waals surface area contributed by atoms with E-state index in [1.165, 1.54) is 19.4 Å². The lowest BCUT2D eigenvalue weighted by molar-refractivity contribution is 0.150. The van der Waals surface area contributed by atoms with Gasteiger partial charge in [-0.15, -0.1) is 6.58 Å². The third-order valence-corrected chi connectivity index (χ3v) is 2.27. The van der Waals surface area contributed by atoms with E-state index in [0.717, 1.165) is 13.2 Å². The molecule has 0 N–H and O–H groups in total. The van der Waals surface area contributed by atoms with Crippen molar-refractivity contribution in [2.45, 2.75) is 32.7 Å². The first-order chi connectivity index (χ1) is 6.38. The summed E-state index contributed by atoms with van der Waals surface area (Å²) in [6.07, 6.45) is 4.62. The minimum atomic E-state index is 0.602. The number of ether oxygens (including phenoxy) is 1. The SMILES string of the molecule is C=CC1CCCN1CCOC.CC. The number of rotatable bonds is 4. The van der Waals surface area contributed by atoms with Crippen LogP contribution < -0.4 is 0 Å². The largest absolute Gasteiger partial charge is 0.383 e. The monoisotopic (exact) mass is 185 g/mol. The zero-order chi connectivity index (χ0) is 10.1. The van der Waals surface area contributed by atoms with Crippen LogP contribution in [0.15, 0.2) is 12.7 Å². The molecule has 2 heteroatoms. The van der Waals surface area contributed by atoms with E-state index in [4.69, 9.17) is 4.74 Å². The fourth-order valence-corrected chi connectivity index (χ4v) is 1.61. The molecule has 1 atom stereocenters. The molecule has 0 aromatic carbocycles. The van der Waals surface area contributed by atoms with Crippen LogP contribution >= 0.6 is 0 Å². The molecule has 0 amide bonds. The summed E-state index contributed by atoms with van der Waals surface area (Å²) < 4.78 is 5.02. The molecule has 0 aliphatic carbocycles. The van der Waals surface area contributed by atoms with Gasteiger partial charge in [-0.05, 0) is 19.4 Å². The van der Waals surface area contributed by atoms with E-state index in [9.17, 15) is 0 Å². The predicted molar refractivity (Wildman–Crippen MR) is 58.0 cm³/mol. The Kier molecular flexibility index (Phi) is 8.05. The van der Waals surface area contributed by atoms with Crippen molar-refractivity contribution < 1.29 is 4.74 Å². The third kappa shape index (κ3) is 4.44. The van der Waals surface area contributed by atoms with Crippen molar-refractivity contribution >= 4 is 0 Å². The van der Waals surface area contributed by atoms with E-state index in [1.54, 1.807) is 7.11 Å². The van der Waals surface area contributed by atoms with Gasteiger partial charge in [-0.25, -0.2) is 0 Å². The van der Waals surface area contributed by atoms with Gasteiger partial charge in [-0.3, -0.25) is 4.90 Å². The molecule has 0 radical (unpaired) electrons. The smallest absolute Gasteiger partial charge is 0.0589 e. The highest BCUT2D eigenvalue weighted by Gasteiger charge is 2.20. The van der Waals surface area contributed by atoms with Gasteiger partial charge in [0.1, 0.15) is 0 Å². The molecule has 1 saturated heterocycles. The van der Waals surface area contributed by atoms with Crippen LogP contribution in [0, 0.1) is 0 Å². The molecule has 78 valence electrons. The molecule has 0 aromatic rings. The summed E-state index contributed by atoms with van der Waals surface area (Å²) in [7, 11) is 1.75. The average molecular weight is 185 g/mol. The number of hydrogen-bond acceptors (Lipinski definition) is 2. The summed E-state index contributed by atoms with van der Waals surface area (Å²) in [4.78, 5) is 2.43. The Morgan fingerprint density at radius 1 is 1.54 bits per heavy atom. The fourth-order valence-electron chi connectivity index (χ4n) is 1.61. The van der Waals surface area contributed by atoms with E-state index in [2.05, 4.69) is 11.5 Å². The zero-order valence-corrected chi connectivity index (χ0v) is 9.25. The van der Waals surface area contributed by atoms with Crippen LogP contribution in [0.5, 0.6) is 0 Å². The van der Waals surface area contributed by atoms with E-state index in [0.29, 0.717) is 6.04 Å². The van der Waals surface area contributed by atoms with Gasteiger partial charge in [0.25, 0.3) is 0 Å². The third-order valence-electron chi connectivity index (χ3n) is 2.27. The second kappa shape index (κ2) is 8.27. The summed E-state index contributed by atoms with van der Waals surface area (Å²) in [6.45, 7) is 10.9. The molecule has 0 aromatic heterocycles. The van der Waals surface area contributed by atoms with Gasteiger partial charge in [-0.1, -0.05) is 19.9 Å². The van der Waals surface area contributed by atoms with Gasteiger partial charge in [0.05, 0.1) is 6.61 Å². The quantitative estimate of drug-likeness (QED) is 0.623. The van der Waals surface area contributed by atoms with Gasteiger partial charge in [-0.2, -0.15) is 0 Å². The Morgan fingerprint density at radius 2 is 2.23 bits per heavy atom. The van der Waals surface area contributed by atoms with Crippen LogP contribution in [0.1, 0.15) is 26.7 Å². The normalized spacial score (nSPS) is 22.2. The Hall–Kier alpha value is -0.340. The van der Waals surface area contributed by atoms with Crippen molar-refractivity contribution in [3.63, 3.8) is 0 Å². The van der Waals surface area contributed by atoms with Gasteiger partial charge >= 0.3 is 0 Å². The molecule has 1 fully saturated rings. The first-order valence-electron chi connectivity index (χ1n) is 5.24.